The number of rotatable bonds is 0. The number of hydrogen-bond acceptors (Lipinski definition) is 3. The molecular weight excluding hydrogens is 410 g/mol. The summed E-state index contributed by atoms with van der Waals surface area (Å²) in [6.45, 7) is 0. The van der Waals surface area contributed by atoms with Crippen LogP contribution in [0.1, 0.15) is 0 Å². The summed E-state index contributed by atoms with van der Waals surface area (Å²) < 4.78 is 6.30. The predicted octanol–water partition coefficient (Wildman–Crippen LogP) is -1.55. The van der Waals surface area contributed by atoms with E-state index < -0.39 is 6.29 Å². The van der Waals surface area contributed by atoms with Gasteiger partial charge in [0.2, 0.25) is 0 Å². The van der Waals surface area contributed by atoms with Crippen molar-refractivity contribution in [3.05, 3.63) is 0 Å². The van der Waals surface area contributed by atoms with Gasteiger partial charge in [0.05, 0.1) is 0 Å². The molecule has 1 saturated heterocycles. The maximum absolute atomic E-state index is 10.6. The Labute approximate surface area is 122 Å². The Morgan fingerprint density at radius 3 is 2.56 bits per heavy atom. The van der Waals surface area contributed by atoms with Gasteiger partial charge in [-0.25, -0.2) is 0 Å². The van der Waals surface area contributed by atoms with Gasteiger partial charge >= 0.3 is 126 Å². The molecule has 6 heteroatoms. The molecule has 1 N–H and O–H groups in total. The van der Waals surface area contributed by atoms with Crippen molar-refractivity contribution in [3.63, 3.8) is 0 Å². The first-order valence-corrected chi connectivity index (χ1v) is 9.69. The van der Waals surface area contributed by atoms with E-state index in [9.17, 15) is 4.79 Å². The molecule has 0 saturated carbocycles. The van der Waals surface area contributed by atoms with Crippen molar-refractivity contribution in [3.8, 4) is 0 Å². The SMILES string of the molecule is O=C1OC(O)[C@H]([RaH])[N]1[Rb]. The van der Waals surface area contributed by atoms with E-state index in [0.717, 1.165) is 0 Å². The molecule has 0 aromatic carbocycles. The van der Waals surface area contributed by atoms with Crippen molar-refractivity contribution < 1.29 is 57.4 Å². The average Bonchev–Trinajstić information content (AvgIpc) is 1.98. The molecule has 4 nitrogen and oxygen atoms in total. The van der Waals surface area contributed by atoms with E-state index in [-0.39, 0.29) is 106 Å². The van der Waals surface area contributed by atoms with Crippen molar-refractivity contribution in [2.75, 3.05) is 0 Å². The summed E-state index contributed by atoms with van der Waals surface area (Å²) in [6, 6.07) is 0. The Kier molecular flexibility index (Phi) is 4.20. The average molecular weight is 414 g/mol. The number of carbonyl (C=O) groups is 1. The van der Waals surface area contributed by atoms with Crippen molar-refractivity contribution >= 4 is 62.1 Å². The molecular formula is C3H4NO3RaRb. The zero-order valence-corrected chi connectivity index (χ0v) is 18.5. The third-order valence-corrected chi connectivity index (χ3v) is 20.4. The van der Waals surface area contributed by atoms with Crippen LogP contribution in [0, 0.1) is 42.8 Å². The molecule has 0 spiro atoms. The summed E-state index contributed by atoms with van der Waals surface area (Å²) in [5.74, 6) is 0. The molecule has 2 atom stereocenters. The van der Waals surface area contributed by atoms with Crippen LogP contribution in [0.2, 0.25) is 0 Å². The molecule has 1 aliphatic heterocycles. The number of cyclic esters (lactones) is 1. The fourth-order valence-corrected chi connectivity index (χ4v) is 2.95. The third kappa shape index (κ3) is 2.22. The van der Waals surface area contributed by atoms with Crippen LogP contribution in [0.15, 0.2) is 0 Å². The molecule has 1 rings (SSSR count). The summed E-state index contributed by atoms with van der Waals surface area (Å²) >= 11 is 0.316. The van der Waals surface area contributed by atoms with Gasteiger partial charge in [0, 0.05) is 0 Å². The first kappa shape index (κ1) is 9.59. The van der Waals surface area contributed by atoms with Gasteiger partial charge in [0.15, 0.2) is 0 Å². The second-order valence-electron chi connectivity index (χ2n) is 2.13. The molecule has 42 valence electrons. The second kappa shape index (κ2) is 3.95. The molecule has 9 heavy (non-hydrogen) atoms. The van der Waals surface area contributed by atoms with Crippen molar-refractivity contribution in [1.82, 2.24) is -1.36 Å². The fourth-order valence-electron chi connectivity index (χ4n) is 0.642. The molecule has 0 aliphatic carbocycles. The van der Waals surface area contributed by atoms with Crippen LogP contribution in [0.5, 0.6) is 0 Å². The van der Waals surface area contributed by atoms with Crippen LogP contribution in [0.4, 0.5) is 4.79 Å². The van der Waals surface area contributed by atoms with E-state index >= 15 is 0 Å². The topological polar surface area (TPSA) is 49.8 Å². The monoisotopic (exact) mass is 413 g/mol. The maximum atomic E-state index is 10.6. The van der Waals surface area contributed by atoms with Crippen LogP contribution < -0.4 is 0 Å². The van der Waals surface area contributed by atoms with Gasteiger partial charge in [-0.05, 0) is 0 Å². The molecule has 1 fully saturated rings. The Morgan fingerprint density at radius 1 is 1.89 bits per heavy atom. The van der Waals surface area contributed by atoms with Crippen molar-refractivity contribution in [2.45, 2.75) is 7.37 Å². The number of amides is 1. The summed E-state index contributed by atoms with van der Waals surface area (Å²) in [6.07, 6.45) is -1.11. The first-order valence-electron chi connectivity index (χ1n) is 2.74. The van der Waals surface area contributed by atoms with Gasteiger partial charge in [0.1, 0.15) is 0 Å². The number of hydrogen-bond donors (Lipinski definition) is 1. The molecule has 0 radical (unpaired) electrons. The number of aliphatic hydroxyl groups is 1. The zero-order valence-electron chi connectivity index (χ0n) is 5.37. The molecule has 0 aromatic rings. The molecule has 1 amide bonds. The molecule has 1 aliphatic rings. The van der Waals surface area contributed by atoms with Crippen molar-refractivity contribution in [2.24, 2.45) is 0 Å². The van der Waals surface area contributed by atoms with Gasteiger partial charge in [-0.1, -0.05) is 0 Å². The van der Waals surface area contributed by atoms with Crippen molar-refractivity contribution in [1.29, 1.82) is 0 Å². The molecule has 0 aromatic heterocycles. The van der Waals surface area contributed by atoms with E-state index in [0.29, 0.717) is 0 Å². The van der Waals surface area contributed by atoms with Gasteiger partial charge in [-0.3, -0.25) is 0 Å². The molecule has 0 bridgehead atoms. The zero-order chi connectivity index (χ0) is 7.02. The van der Waals surface area contributed by atoms with E-state index in [2.05, 4.69) is 4.74 Å². The number of aliphatic hydroxyl groups excluding tert-OH is 1. The summed E-state index contributed by atoms with van der Waals surface area (Å²) in [5, 5.41) is 8.94. The van der Waals surface area contributed by atoms with Gasteiger partial charge in [-0.2, -0.15) is 0 Å². The molecule has 1 heterocycles. The summed E-state index contributed by atoms with van der Waals surface area (Å²) in [4.78, 5) is 10.6. The normalized spacial score (nSPS) is 34.9. The second-order valence-corrected chi connectivity index (χ2v) is 9.36. The third-order valence-electron chi connectivity index (χ3n) is 1.53. The Hall–Kier alpha value is 2.50. The van der Waals surface area contributed by atoms with Crippen LogP contribution in [-0.4, -0.2) is 73.2 Å². The van der Waals surface area contributed by atoms with Crippen LogP contribution in [0.25, 0.3) is 0 Å². The van der Waals surface area contributed by atoms with E-state index in [4.69, 9.17) is 5.11 Å². The van der Waals surface area contributed by atoms with E-state index in [1.54, 1.807) is -1.36 Å². The van der Waals surface area contributed by atoms with Crippen LogP contribution in [-0.2, 0) is 4.74 Å². The Bertz CT molecular complexity index is 143. The van der Waals surface area contributed by atoms with Crippen LogP contribution in [0.3, 0.4) is 0 Å². The van der Waals surface area contributed by atoms with Gasteiger partial charge in [-0.15, -0.1) is 0 Å². The summed E-state index contributed by atoms with van der Waals surface area (Å²) in [5.41, 5.74) is 0. The quantitative estimate of drug-likeness (QED) is 0.523. The van der Waals surface area contributed by atoms with E-state index in [1.165, 1.54) is 0 Å². The number of nitrogens with zero attached hydrogens (tertiary/aromatic N) is 1. The van der Waals surface area contributed by atoms with E-state index in [1.807, 2.05) is 0 Å². The minimum atomic E-state index is -0.801. The Morgan fingerprint density at radius 2 is 2.44 bits per heavy atom. The minimum absolute atomic E-state index is 0.0984. The van der Waals surface area contributed by atoms with Crippen LogP contribution >= 0.6 is 0 Å². The number of ether oxygens (including phenoxy) is 1. The first-order chi connectivity index (χ1) is 4.13. The fraction of sp³-hybridized carbons (Fsp3) is 0.667. The number of carbonyl (C=O) groups excluding carboxylic acids is 1. The Balaban J connectivity index is 2.65. The molecule has 1 unspecified atom stereocenters. The van der Waals surface area contributed by atoms with Gasteiger partial charge < -0.3 is 0 Å². The summed E-state index contributed by atoms with van der Waals surface area (Å²) in [7, 11) is 0. The predicted molar refractivity (Wildman–Crippen MR) is 25.3 cm³/mol. The van der Waals surface area contributed by atoms with Gasteiger partial charge in [0.25, 0.3) is 0 Å². The standard InChI is InChI=1S/C3H3NO3.Ra.Rb.H/c5-2-1-4-3(6)7-2;;;/h1-2,5H;;;/q-1;;+1;.